The molecule has 2 aliphatic rings. The molecule has 2 aromatic rings. The molecule has 2 saturated heterocycles. The number of carbonyl (C=O) groups excluding carboxylic acids is 1. The number of benzene rings is 2. The molecule has 172 valence electrons. The Kier molecular flexibility index (Phi) is 7.13. The first-order valence-electron chi connectivity index (χ1n) is 11.3. The van der Waals surface area contributed by atoms with Crippen molar-refractivity contribution in [2.24, 2.45) is 0 Å². The summed E-state index contributed by atoms with van der Waals surface area (Å²) in [5.41, 5.74) is 2.38. The van der Waals surface area contributed by atoms with Crippen LogP contribution in [0.3, 0.4) is 0 Å². The number of nitrogens with zero attached hydrogens (tertiary/aromatic N) is 2. The molecule has 7 nitrogen and oxygen atoms in total. The Labute approximate surface area is 190 Å². The van der Waals surface area contributed by atoms with Crippen LogP contribution in [0.5, 0.6) is 0 Å². The summed E-state index contributed by atoms with van der Waals surface area (Å²) in [4.78, 5) is 15.7. The zero-order valence-electron chi connectivity index (χ0n) is 18.5. The van der Waals surface area contributed by atoms with Crippen molar-refractivity contribution >= 4 is 27.3 Å². The second kappa shape index (κ2) is 10.0. The van der Waals surface area contributed by atoms with Gasteiger partial charge < -0.3 is 15.0 Å². The minimum absolute atomic E-state index is 0.125. The molecule has 1 amide bonds. The summed E-state index contributed by atoms with van der Waals surface area (Å²) < 4.78 is 33.2. The standard InChI is InChI=1S/C24H31N3O4S/c1-2-21(19-8-4-3-5-9-19)24(28)25-22-18-20(10-11-23(22)26-12-6-7-13-26)32(29,30)27-14-16-31-17-15-27/h3-5,8-11,18,21H,2,6-7,12-17H2,1H3,(H,25,28). The largest absolute Gasteiger partial charge is 0.379 e. The third kappa shape index (κ3) is 4.82. The molecule has 2 aliphatic heterocycles. The summed E-state index contributed by atoms with van der Waals surface area (Å²) in [5, 5.41) is 3.06. The lowest BCUT2D eigenvalue weighted by Gasteiger charge is -2.27. The van der Waals surface area contributed by atoms with Gasteiger partial charge in [-0.3, -0.25) is 4.79 Å². The number of rotatable bonds is 7. The molecule has 0 aliphatic carbocycles. The minimum atomic E-state index is -3.66. The van der Waals surface area contributed by atoms with Gasteiger partial charge in [0.15, 0.2) is 0 Å². The van der Waals surface area contributed by atoms with E-state index in [1.807, 2.05) is 43.3 Å². The Morgan fingerprint density at radius 3 is 2.38 bits per heavy atom. The second-order valence-electron chi connectivity index (χ2n) is 8.25. The van der Waals surface area contributed by atoms with Crippen LogP contribution in [-0.2, 0) is 19.6 Å². The Morgan fingerprint density at radius 2 is 1.72 bits per heavy atom. The van der Waals surface area contributed by atoms with E-state index in [2.05, 4.69) is 10.2 Å². The molecule has 0 spiro atoms. The van der Waals surface area contributed by atoms with Crippen LogP contribution >= 0.6 is 0 Å². The van der Waals surface area contributed by atoms with Crippen LogP contribution in [0.15, 0.2) is 53.4 Å². The highest BCUT2D eigenvalue weighted by Gasteiger charge is 2.29. The lowest BCUT2D eigenvalue weighted by atomic mass is 9.95. The molecule has 2 heterocycles. The third-order valence-electron chi connectivity index (χ3n) is 6.21. The van der Waals surface area contributed by atoms with Gasteiger partial charge in [0.2, 0.25) is 15.9 Å². The molecular formula is C24H31N3O4S. The molecule has 2 aromatic carbocycles. The maximum Gasteiger partial charge on any atom is 0.243 e. The summed E-state index contributed by atoms with van der Waals surface area (Å²) in [5.74, 6) is -0.429. The number of ether oxygens (including phenoxy) is 1. The van der Waals surface area contributed by atoms with Crippen molar-refractivity contribution < 1.29 is 17.9 Å². The first-order valence-corrected chi connectivity index (χ1v) is 12.8. The Bertz CT molecular complexity index is 1030. The molecule has 8 heteroatoms. The van der Waals surface area contributed by atoms with Crippen LogP contribution in [0.4, 0.5) is 11.4 Å². The van der Waals surface area contributed by atoms with Crippen LogP contribution < -0.4 is 10.2 Å². The first kappa shape index (κ1) is 22.8. The Balaban J connectivity index is 1.66. The molecule has 2 fully saturated rings. The van der Waals surface area contributed by atoms with E-state index < -0.39 is 10.0 Å². The van der Waals surface area contributed by atoms with Crippen molar-refractivity contribution in [2.75, 3.05) is 49.6 Å². The third-order valence-corrected chi connectivity index (χ3v) is 8.10. The summed E-state index contributed by atoms with van der Waals surface area (Å²) in [7, 11) is -3.66. The van der Waals surface area contributed by atoms with Crippen molar-refractivity contribution in [2.45, 2.75) is 37.0 Å². The average Bonchev–Trinajstić information content (AvgIpc) is 3.35. The van der Waals surface area contributed by atoms with Crippen LogP contribution in [0.2, 0.25) is 0 Å². The number of carbonyl (C=O) groups is 1. The quantitative estimate of drug-likeness (QED) is 0.689. The molecule has 32 heavy (non-hydrogen) atoms. The number of hydrogen-bond acceptors (Lipinski definition) is 5. The van der Waals surface area contributed by atoms with E-state index >= 15 is 0 Å². The highest BCUT2D eigenvalue weighted by atomic mass is 32.2. The van der Waals surface area contributed by atoms with Crippen molar-refractivity contribution in [3.63, 3.8) is 0 Å². The number of amides is 1. The zero-order valence-corrected chi connectivity index (χ0v) is 19.3. The molecule has 0 radical (unpaired) electrons. The summed E-state index contributed by atoms with van der Waals surface area (Å²) in [6, 6.07) is 14.8. The van der Waals surface area contributed by atoms with E-state index in [9.17, 15) is 13.2 Å². The molecule has 4 rings (SSSR count). The monoisotopic (exact) mass is 457 g/mol. The topological polar surface area (TPSA) is 79.0 Å². The number of morpholine rings is 1. The minimum Gasteiger partial charge on any atom is -0.379 e. The average molecular weight is 458 g/mol. The summed E-state index contributed by atoms with van der Waals surface area (Å²) >= 11 is 0. The van der Waals surface area contributed by atoms with E-state index in [1.165, 1.54) is 4.31 Å². The SMILES string of the molecule is CCC(C(=O)Nc1cc(S(=O)(=O)N2CCOCC2)ccc1N1CCCC1)c1ccccc1. The van der Waals surface area contributed by atoms with Crippen LogP contribution in [0.25, 0.3) is 0 Å². The van der Waals surface area contributed by atoms with Gasteiger partial charge in [-0.25, -0.2) is 8.42 Å². The van der Waals surface area contributed by atoms with Gasteiger partial charge in [0, 0.05) is 26.2 Å². The molecule has 1 unspecified atom stereocenters. The van der Waals surface area contributed by atoms with Crippen LogP contribution in [0.1, 0.15) is 37.7 Å². The van der Waals surface area contributed by atoms with Gasteiger partial charge in [-0.2, -0.15) is 4.31 Å². The van der Waals surface area contributed by atoms with E-state index in [4.69, 9.17) is 4.74 Å². The van der Waals surface area contributed by atoms with Crippen molar-refractivity contribution in [1.29, 1.82) is 0 Å². The van der Waals surface area contributed by atoms with Crippen molar-refractivity contribution in [3.05, 3.63) is 54.1 Å². The normalized spacial score (nSPS) is 18.5. The zero-order chi connectivity index (χ0) is 22.6. The molecule has 0 bridgehead atoms. The fourth-order valence-corrected chi connectivity index (χ4v) is 5.86. The lowest BCUT2D eigenvalue weighted by molar-refractivity contribution is -0.117. The summed E-state index contributed by atoms with van der Waals surface area (Å²) in [6.07, 6.45) is 2.83. The van der Waals surface area contributed by atoms with Gasteiger partial charge in [-0.1, -0.05) is 37.3 Å². The second-order valence-corrected chi connectivity index (χ2v) is 10.2. The Morgan fingerprint density at radius 1 is 1.03 bits per heavy atom. The number of sulfonamides is 1. The van der Waals surface area contributed by atoms with Crippen LogP contribution in [0, 0.1) is 0 Å². The molecule has 0 saturated carbocycles. The van der Waals surface area contributed by atoms with Gasteiger partial charge in [-0.05, 0) is 43.0 Å². The van der Waals surface area contributed by atoms with Gasteiger partial charge in [-0.15, -0.1) is 0 Å². The highest BCUT2D eigenvalue weighted by Crippen LogP contribution is 2.33. The predicted octanol–water partition coefficient (Wildman–Crippen LogP) is 3.44. The van der Waals surface area contributed by atoms with E-state index in [-0.39, 0.29) is 16.7 Å². The van der Waals surface area contributed by atoms with E-state index in [0.29, 0.717) is 38.4 Å². The van der Waals surface area contributed by atoms with Gasteiger partial charge in [0.05, 0.1) is 35.4 Å². The van der Waals surface area contributed by atoms with E-state index in [1.54, 1.807) is 12.1 Å². The number of nitrogens with one attached hydrogen (secondary N) is 1. The maximum atomic E-state index is 13.3. The molecule has 1 atom stereocenters. The fourth-order valence-electron chi connectivity index (χ4n) is 4.42. The Hall–Kier alpha value is -2.42. The van der Waals surface area contributed by atoms with Crippen molar-refractivity contribution in [1.82, 2.24) is 4.31 Å². The van der Waals surface area contributed by atoms with Crippen molar-refractivity contribution in [3.8, 4) is 0 Å². The van der Waals surface area contributed by atoms with Gasteiger partial charge in [0.1, 0.15) is 0 Å². The molecule has 1 N–H and O–H groups in total. The number of anilines is 2. The van der Waals surface area contributed by atoms with Crippen LogP contribution in [-0.4, -0.2) is 58.0 Å². The smallest absolute Gasteiger partial charge is 0.243 e. The maximum absolute atomic E-state index is 13.3. The predicted molar refractivity (Wildman–Crippen MR) is 126 cm³/mol. The highest BCUT2D eigenvalue weighted by molar-refractivity contribution is 7.89. The van der Waals surface area contributed by atoms with Gasteiger partial charge in [0.25, 0.3) is 0 Å². The lowest BCUT2D eigenvalue weighted by Crippen LogP contribution is -2.40. The van der Waals surface area contributed by atoms with Gasteiger partial charge >= 0.3 is 0 Å². The summed E-state index contributed by atoms with van der Waals surface area (Å²) in [6.45, 7) is 5.24. The number of hydrogen-bond donors (Lipinski definition) is 1. The molecule has 0 aromatic heterocycles. The molecular weight excluding hydrogens is 426 g/mol. The fraction of sp³-hybridized carbons (Fsp3) is 0.458. The first-order chi connectivity index (χ1) is 15.5. The van der Waals surface area contributed by atoms with E-state index in [0.717, 1.165) is 37.2 Å².